The highest BCUT2D eigenvalue weighted by molar-refractivity contribution is 8.00. The molecule has 31 heavy (non-hydrogen) atoms. The number of hydrogen-bond donors (Lipinski definition) is 2. The number of morpholine rings is 1. The fourth-order valence-corrected chi connectivity index (χ4v) is 4.08. The first-order valence-corrected chi connectivity index (χ1v) is 11.4. The Morgan fingerprint density at radius 2 is 1.87 bits per heavy atom. The van der Waals surface area contributed by atoms with Crippen LogP contribution in [0.25, 0.3) is 11.4 Å². The molecule has 2 N–H and O–H groups in total. The van der Waals surface area contributed by atoms with E-state index in [9.17, 15) is 4.79 Å². The third-order valence-corrected chi connectivity index (χ3v) is 6.22. The lowest BCUT2D eigenvalue weighted by atomic mass is 10.1. The van der Waals surface area contributed by atoms with Gasteiger partial charge in [-0.1, -0.05) is 43.0 Å². The number of nitrogens with one attached hydrogen (secondary N) is 2. The minimum absolute atomic E-state index is 0.0808. The number of amides is 1. The topological polar surface area (TPSA) is 83.1 Å². The lowest BCUT2D eigenvalue weighted by Crippen LogP contribution is -2.36. The first-order valence-electron chi connectivity index (χ1n) is 10.5. The molecule has 162 valence electrons. The van der Waals surface area contributed by atoms with Crippen molar-refractivity contribution in [2.75, 3.05) is 36.5 Å². The molecule has 2 heterocycles. The minimum Gasteiger partial charge on any atom is -0.378 e. The fourth-order valence-electron chi connectivity index (χ4n) is 3.36. The summed E-state index contributed by atoms with van der Waals surface area (Å²) >= 11 is 1.33. The van der Waals surface area contributed by atoms with Crippen molar-refractivity contribution in [2.45, 2.75) is 30.7 Å². The normalized spacial score (nSPS) is 15.0. The van der Waals surface area contributed by atoms with E-state index in [-0.39, 0.29) is 11.2 Å². The average Bonchev–Trinajstić information content (AvgIpc) is 3.28. The summed E-state index contributed by atoms with van der Waals surface area (Å²) in [7, 11) is 0. The number of H-pyrrole nitrogens is 1. The van der Waals surface area contributed by atoms with E-state index in [1.54, 1.807) is 0 Å². The van der Waals surface area contributed by atoms with Crippen LogP contribution in [-0.2, 0) is 16.0 Å². The number of aromatic amines is 1. The Morgan fingerprint density at radius 1 is 1.16 bits per heavy atom. The molecule has 1 fully saturated rings. The van der Waals surface area contributed by atoms with E-state index in [0.29, 0.717) is 11.0 Å². The molecule has 1 aliphatic heterocycles. The third kappa shape index (κ3) is 5.45. The predicted octanol–water partition coefficient (Wildman–Crippen LogP) is 3.99. The molecule has 2 aromatic carbocycles. The lowest BCUT2D eigenvalue weighted by Gasteiger charge is -2.28. The van der Waals surface area contributed by atoms with Gasteiger partial charge in [-0.15, -0.1) is 5.10 Å². The molecule has 8 heteroatoms. The number of carbonyl (C=O) groups is 1. The van der Waals surface area contributed by atoms with Crippen LogP contribution in [-0.4, -0.2) is 52.6 Å². The van der Waals surface area contributed by atoms with Crippen LogP contribution in [0.2, 0.25) is 0 Å². The quantitative estimate of drug-likeness (QED) is 0.544. The molecular weight excluding hydrogens is 410 g/mol. The van der Waals surface area contributed by atoms with E-state index < -0.39 is 0 Å². The second-order valence-electron chi connectivity index (χ2n) is 7.41. The van der Waals surface area contributed by atoms with Crippen LogP contribution in [0.15, 0.2) is 53.7 Å². The van der Waals surface area contributed by atoms with Crippen LogP contribution in [0, 0.1) is 0 Å². The number of aromatic nitrogens is 3. The summed E-state index contributed by atoms with van der Waals surface area (Å²) in [5.41, 5.74) is 4.18. The summed E-state index contributed by atoms with van der Waals surface area (Å²) < 4.78 is 5.40. The van der Waals surface area contributed by atoms with E-state index in [2.05, 4.69) is 44.5 Å². The van der Waals surface area contributed by atoms with Crippen LogP contribution in [0.4, 0.5) is 11.4 Å². The standard InChI is InChI=1S/C23H27N5O2S/c1-3-17-4-6-18(7-5-17)21-25-23(27-26-21)31-16(2)22(29)24-19-8-10-20(11-9-19)28-12-14-30-15-13-28/h4-11,16H,3,12-15H2,1-2H3,(H,24,29)(H,25,26,27)/t16-/m0/s1. The summed E-state index contributed by atoms with van der Waals surface area (Å²) in [4.78, 5) is 19.4. The van der Waals surface area contributed by atoms with Gasteiger partial charge in [0.2, 0.25) is 11.1 Å². The highest BCUT2D eigenvalue weighted by Crippen LogP contribution is 2.25. The molecule has 1 amide bonds. The number of hydrogen-bond acceptors (Lipinski definition) is 6. The van der Waals surface area contributed by atoms with Crippen LogP contribution in [0.5, 0.6) is 0 Å². The number of nitrogens with zero attached hydrogens (tertiary/aromatic N) is 3. The Labute approximate surface area is 186 Å². The molecule has 0 aliphatic carbocycles. The van der Waals surface area contributed by atoms with Gasteiger partial charge in [-0.3, -0.25) is 9.89 Å². The summed E-state index contributed by atoms with van der Waals surface area (Å²) in [5.74, 6) is 0.624. The predicted molar refractivity (Wildman–Crippen MR) is 125 cm³/mol. The van der Waals surface area contributed by atoms with Crippen molar-refractivity contribution >= 4 is 29.0 Å². The van der Waals surface area contributed by atoms with Gasteiger partial charge in [-0.2, -0.15) is 0 Å². The summed E-state index contributed by atoms with van der Waals surface area (Å²) in [6, 6.07) is 16.2. The monoisotopic (exact) mass is 437 g/mol. The van der Waals surface area contributed by atoms with Gasteiger partial charge in [0.15, 0.2) is 5.82 Å². The van der Waals surface area contributed by atoms with E-state index >= 15 is 0 Å². The molecule has 1 saturated heterocycles. The number of carbonyl (C=O) groups excluding carboxylic acids is 1. The summed E-state index contributed by atoms with van der Waals surface area (Å²) in [6.07, 6.45) is 1.00. The molecule has 0 bridgehead atoms. The number of aryl methyl sites for hydroxylation is 1. The van der Waals surface area contributed by atoms with Crippen molar-refractivity contribution in [3.8, 4) is 11.4 Å². The molecular formula is C23H27N5O2S. The van der Waals surface area contributed by atoms with Gasteiger partial charge in [-0.25, -0.2) is 4.98 Å². The zero-order chi connectivity index (χ0) is 21.6. The minimum atomic E-state index is -0.329. The smallest absolute Gasteiger partial charge is 0.237 e. The molecule has 0 radical (unpaired) electrons. The van der Waals surface area contributed by atoms with Gasteiger partial charge < -0.3 is 15.0 Å². The first kappa shape index (κ1) is 21.4. The van der Waals surface area contributed by atoms with Crippen molar-refractivity contribution in [3.63, 3.8) is 0 Å². The van der Waals surface area contributed by atoms with Crippen molar-refractivity contribution in [1.82, 2.24) is 15.2 Å². The summed E-state index contributed by atoms with van der Waals surface area (Å²) in [6.45, 7) is 7.26. The molecule has 0 saturated carbocycles. The van der Waals surface area contributed by atoms with Gasteiger partial charge in [0, 0.05) is 30.0 Å². The maximum absolute atomic E-state index is 12.6. The van der Waals surface area contributed by atoms with Crippen LogP contribution >= 0.6 is 11.8 Å². The van der Waals surface area contributed by atoms with Gasteiger partial charge >= 0.3 is 0 Å². The van der Waals surface area contributed by atoms with E-state index in [4.69, 9.17) is 4.74 Å². The molecule has 1 aliphatic rings. The van der Waals surface area contributed by atoms with Gasteiger partial charge in [0.05, 0.1) is 18.5 Å². The number of rotatable bonds is 7. The number of benzene rings is 2. The van der Waals surface area contributed by atoms with E-state index in [1.807, 2.05) is 43.3 Å². The van der Waals surface area contributed by atoms with Gasteiger partial charge in [-0.05, 0) is 43.2 Å². The molecule has 7 nitrogen and oxygen atoms in total. The number of ether oxygens (including phenoxy) is 1. The molecule has 1 atom stereocenters. The largest absolute Gasteiger partial charge is 0.378 e. The van der Waals surface area contributed by atoms with Crippen molar-refractivity contribution in [2.24, 2.45) is 0 Å². The molecule has 3 aromatic rings. The Bertz CT molecular complexity index is 998. The van der Waals surface area contributed by atoms with Crippen LogP contribution in [0.3, 0.4) is 0 Å². The SMILES string of the molecule is CCc1ccc(-c2nc(S[C@@H](C)C(=O)Nc3ccc(N4CCOCC4)cc3)n[nH]2)cc1. The third-order valence-electron chi connectivity index (χ3n) is 5.26. The maximum Gasteiger partial charge on any atom is 0.237 e. The molecule has 1 aromatic heterocycles. The zero-order valence-electron chi connectivity index (χ0n) is 17.8. The van der Waals surface area contributed by atoms with Crippen molar-refractivity contribution in [1.29, 1.82) is 0 Å². The second-order valence-corrected chi connectivity index (χ2v) is 8.72. The second kappa shape index (κ2) is 9.98. The lowest BCUT2D eigenvalue weighted by molar-refractivity contribution is -0.115. The zero-order valence-corrected chi connectivity index (χ0v) is 18.6. The van der Waals surface area contributed by atoms with Crippen LogP contribution < -0.4 is 10.2 Å². The van der Waals surface area contributed by atoms with Crippen molar-refractivity contribution in [3.05, 3.63) is 54.1 Å². The number of thioether (sulfide) groups is 1. The van der Waals surface area contributed by atoms with Crippen LogP contribution in [0.1, 0.15) is 19.4 Å². The molecule has 0 spiro atoms. The Hall–Kier alpha value is -2.84. The first-order chi connectivity index (χ1) is 15.1. The van der Waals surface area contributed by atoms with Crippen molar-refractivity contribution < 1.29 is 9.53 Å². The molecule has 4 rings (SSSR count). The number of anilines is 2. The Kier molecular flexibility index (Phi) is 6.89. The van der Waals surface area contributed by atoms with Gasteiger partial charge in [0.25, 0.3) is 0 Å². The Morgan fingerprint density at radius 3 is 2.55 bits per heavy atom. The highest BCUT2D eigenvalue weighted by atomic mass is 32.2. The van der Waals surface area contributed by atoms with E-state index in [0.717, 1.165) is 49.7 Å². The van der Waals surface area contributed by atoms with E-state index in [1.165, 1.54) is 17.3 Å². The fraction of sp³-hybridized carbons (Fsp3) is 0.348. The summed E-state index contributed by atoms with van der Waals surface area (Å²) in [5, 5.41) is 10.4. The molecule has 0 unspecified atom stereocenters. The average molecular weight is 438 g/mol. The maximum atomic E-state index is 12.6. The highest BCUT2D eigenvalue weighted by Gasteiger charge is 2.18. The van der Waals surface area contributed by atoms with Gasteiger partial charge in [0.1, 0.15) is 0 Å². The Balaban J connectivity index is 1.32.